The molecule has 3 aromatic carbocycles. The van der Waals surface area contributed by atoms with Crippen LogP contribution < -0.4 is 4.74 Å². The van der Waals surface area contributed by atoms with E-state index in [-0.39, 0.29) is 12.0 Å². The number of hydrogen-bond acceptors (Lipinski definition) is 12. The fraction of sp³-hybridized carbons (Fsp3) is 0.547. The van der Waals surface area contributed by atoms with E-state index >= 15 is 0 Å². The first-order valence-corrected chi connectivity index (χ1v) is 26.7. The number of hydrogen-bond donors (Lipinski definition) is 0. The number of halogens is 2. The van der Waals surface area contributed by atoms with Crippen LogP contribution in [0.4, 0.5) is 8.78 Å². The van der Waals surface area contributed by atoms with Gasteiger partial charge in [-0.25, -0.2) is 18.0 Å². The summed E-state index contributed by atoms with van der Waals surface area (Å²) in [5.74, 6) is 1.05. The predicted octanol–water partition coefficient (Wildman–Crippen LogP) is 10.5. The molecule has 4 aromatic rings. The Labute approximate surface area is 404 Å². The summed E-state index contributed by atoms with van der Waals surface area (Å²) in [4.78, 5) is 53.8. The molecule has 1 atom stereocenters. The standard InChI is InChI=1S/C47H53O7S.C6H8F2O5S/c1-46(31-16-27-14-28(18-31)19-32(46)17-27)53-43(48)25-39(45(50)52-26-44(49)54-47(2)33-20-29-15-30(22-33)23-34(47)21-29)38-24-35(12-13-40(38)51-3)55-41-10-6-4-8-36(41)37-9-5-7-11-42(37)55;1-4(2)5(9)13-3-6(7,8)14(10,11)12/h4-13,24,27-34,39H,14-23,25-26H2,1-3H3;1,3H2,2H3,(H,10,11,12)/q+1;/p-1. The summed E-state index contributed by atoms with van der Waals surface area (Å²) in [7, 11) is -4.67. The van der Waals surface area contributed by atoms with Crippen molar-refractivity contribution in [2.45, 2.75) is 114 Å². The molecule has 12 rings (SSSR count). The molecule has 1 heterocycles. The molecule has 0 N–H and O–H groups in total. The molecule has 12 nitrogen and oxygen atoms in total. The van der Waals surface area contributed by atoms with E-state index in [1.165, 1.54) is 39.9 Å². The highest BCUT2D eigenvalue weighted by atomic mass is 32.2. The summed E-state index contributed by atoms with van der Waals surface area (Å²) in [6, 6.07) is 22.9. The van der Waals surface area contributed by atoms with Crippen LogP contribution in [-0.2, 0) is 48.2 Å². The van der Waals surface area contributed by atoms with E-state index in [4.69, 9.17) is 18.9 Å². The highest BCUT2D eigenvalue weighted by molar-refractivity contribution is 7.86. The van der Waals surface area contributed by atoms with Gasteiger partial charge in [0.15, 0.2) is 37.6 Å². The number of methoxy groups -OCH3 is 1. The minimum atomic E-state index is -5.81. The van der Waals surface area contributed by atoms with E-state index in [0.29, 0.717) is 35.0 Å². The first-order chi connectivity index (χ1) is 32.7. The van der Waals surface area contributed by atoms with Gasteiger partial charge in [-0.2, -0.15) is 8.78 Å². The van der Waals surface area contributed by atoms with Gasteiger partial charge in [-0.05, 0) is 163 Å². The number of ether oxygens (including phenoxy) is 5. The van der Waals surface area contributed by atoms with Crippen molar-refractivity contribution in [2.24, 2.45) is 47.3 Å². The third-order valence-corrected chi connectivity index (χ3v) is 19.7. The molecule has 0 spiro atoms. The van der Waals surface area contributed by atoms with E-state index < -0.39 is 80.1 Å². The quantitative estimate of drug-likeness (QED) is 0.0385. The molecule has 8 fully saturated rings. The summed E-state index contributed by atoms with van der Waals surface area (Å²) in [5, 5.41) is -2.21. The van der Waals surface area contributed by atoms with Crippen LogP contribution in [0.25, 0.3) is 25.1 Å². The number of alkyl halides is 2. The lowest BCUT2D eigenvalue weighted by Crippen LogP contribution is -2.58. The lowest BCUT2D eigenvalue weighted by atomic mass is 9.50. The fourth-order valence-electron chi connectivity index (χ4n) is 13.4. The first-order valence-electron chi connectivity index (χ1n) is 24.0. The van der Waals surface area contributed by atoms with Gasteiger partial charge < -0.3 is 28.2 Å². The molecule has 8 aliphatic rings. The number of carbonyl (C=O) groups is 4. The van der Waals surface area contributed by atoms with Crippen LogP contribution in [0.3, 0.4) is 0 Å². The zero-order chi connectivity index (χ0) is 49.2. The van der Waals surface area contributed by atoms with Gasteiger partial charge in [0.05, 0.1) is 19.4 Å². The molecule has 0 radical (unpaired) electrons. The van der Waals surface area contributed by atoms with Crippen LogP contribution in [0.15, 0.2) is 78.9 Å². The second-order valence-electron chi connectivity index (χ2n) is 20.9. The van der Waals surface area contributed by atoms with Gasteiger partial charge in [0.25, 0.3) is 0 Å². The molecule has 8 saturated carbocycles. The van der Waals surface area contributed by atoms with Crippen molar-refractivity contribution < 1.29 is 64.6 Å². The van der Waals surface area contributed by atoms with Crippen molar-refractivity contribution in [1.82, 2.24) is 0 Å². The van der Waals surface area contributed by atoms with E-state index in [0.717, 1.165) is 79.9 Å². The molecule has 16 heteroatoms. The lowest BCUT2D eigenvalue weighted by molar-refractivity contribution is -0.207. The van der Waals surface area contributed by atoms with E-state index in [1.807, 2.05) is 12.1 Å². The Bertz CT molecular complexity index is 2690. The Morgan fingerprint density at radius 1 is 0.739 bits per heavy atom. The Morgan fingerprint density at radius 2 is 1.20 bits per heavy atom. The van der Waals surface area contributed by atoms with Gasteiger partial charge in [-0.1, -0.05) is 30.8 Å². The summed E-state index contributed by atoms with van der Waals surface area (Å²) in [6.07, 6.45) is 11.3. The number of carbonyl (C=O) groups excluding carboxylic acids is 4. The molecule has 69 heavy (non-hydrogen) atoms. The molecular formula is C53H60F2O12S2. The summed E-state index contributed by atoms with van der Waals surface area (Å²) in [6.45, 7) is 6.19. The number of thiophene rings is 1. The normalized spacial score (nSPS) is 30.0. The second-order valence-corrected chi connectivity index (χ2v) is 24.4. The summed E-state index contributed by atoms with van der Waals surface area (Å²) >= 11 is 0. The molecule has 0 aliphatic heterocycles. The minimum Gasteiger partial charge on any atom is -0.743 e. The Morgan fingerprint density at radius 3 is 1.65 bits per heavy atom. The van der Waals surface area contributed by atoms with Crippen LogP contribution >= 0.6 is 10.5 Å². The average Bonchev–Trinajstić information content (AvgIpc) is 3.64. The predicted molar refractivity (Wildman–Crippen MR) is 254 cm³/mol. The zero-order valence-corrected chi connectivity index (χ0v) is 41.1. The van der Waals surface area contributed by atoms with Crippen molar-refractivity contribution in [3.05, 3.63) is 84.4 Å². The Hall–Kier alpha value is -4.93. The maximum Gasteiger partial charge on any atom is 0.367 e. The molecule has 0 amide bonds. The number of rotatable bonds is 14. The van der Waals surface area contributed by atoms with Gasteiger partial charge in [0.2, 0.25) is 0 Å². The first kappa shape index (κ1) is 49.1. The molecule has 0 saturated heterocycles. The molecule has 8 bridgehead atoms. The SMILES string of the molecule is C=C(C)C(=O)OCC(F)(F)S(=O)(=O)[O-].COc1ccc(-[s+]2c3ccccc3c3ccccc32)cc1C(CC(=O)OC1(C)C2CC3CC(C2)CC1C3)C(=O)OCC(=O)OC1(C)C2CC3CC(C2)CC1C3. The third kappa shape index (κ3) is 9.41. The van der Waals surface area contributed by atoms with Crippen molar-refractivity contribution in [3.8, 4) is 10.6 Å². The van der Waals surface area contributed by atoms with Gasteiger partial charge in [0, 0.05) is 44.5 Å². The van der Waals surface area contributed by atoms with Crippen LogP contribution in [0.1, 0.15) is 103 Å². The van der Waals surface area contributed by atoms with Crippen molar-refractivity contribution in [2.75, 3.05) is 20.3 Å². The average molecular weight is 991 g/mol. The molecule has 8 aliphatic carbocycles. The van der Waals surface area contributed by atoms with Crippen molar-refractivity contribution >= 4 is 64.6 Å². The van der Waals surface area contributed by atoms with Gasteiger partial charge in [-0.15, -0.1) is 0 Å². The minimum absolute atomic E-state index is 0.177. The number of esters is 4. The topological polar surface area (TPSA) is 172 Å². The van der Waals surface area contributed by atoms with Gasteiger partial charge in [0.1, 0.15) is 17.0 Å². The van der Waals surface area contributed by atoms with E-state index in [9.17, 15) is 40.9 Å². The van der Waals surface area contributed by atoms with Crippen LogP contribution in [-0.4, -0.2) is 73.6 Å². The largest absolute Gasteiger partial charge is 0.743 e. The maximum atomic E-state index is 14.4. The molecule has 370 valence electrons. The summed E-state index contributed by atoms with van der Waals surface area (Å²) in [5.41, 5.74) is -0.681. The zero-order valence-electron chi connectivity index (χ0n) is 39.4. The fourth-order valence-corrected chi connectivity index (χ4v) is 16.0. The van der Waals surface area contributed by atoms with Crippen LogP contribution in [0, 0.1) is 47.3 Å². The number of fused-ring (bicyclic) bond motifs is 3. The molecular weight excluding hydrogens is 931 g/mol. The Balaban J connectivity index is 0.000000370. The lowest BCUT2D eigenvalue weighted by Gasteiger charge is -2.59. The van der Waals surface area contributed by atoms with E-state index in [2.05, 4.69) is 79.8 Å². The van der Waals surface area contributed by atoms with Crippen molar-refractivity contribution in [1.29, 1.82) is 0 Å². The number of benzene rings is 3. The summed E-state index contributed by atoms with van der Waals surface area (Å²) < 4.78 is 85.3. The van der Waals surface area contributed by atoms with Gasteiger partial charge in [-0.3, -0.25) is 9.59 Å². The second kappa shape index (κ2) is 18.7. The monoisotopic (exact) mass is 990 g/mol. The van der Waals surface area contributed by atoms with Gasteiger partial charge >= 0.3 is 29.1 Å². The van der Waals surface area contributed by atoms with Crippen molar-refractivity contribution in [3.63, 3.8) is 0 Å². The van der Waals surface area contributed by atoms with Crippen LogP contribution in [0.5, 0.6) is 5.75 Å². The smallest absolute Gasteiger partial charge is 0.367 e. The van der Waals surface area contributed by atoms with Crippen LogP contribution in [0.2, 0.25) is 0 Å². The highest BCUT2D eigenvalue weighted by Crippen LogP contribution is 2.61. The maximum absolute atomic E-state index is 14.4. The highest BCUT2D eigenvalue weighted by Gasteiger charge is 2.58. The van der Waals surface area contributed by atoms with E-state index in [1.54, 1.807) is 7.11 Å². The molecule has 1 unspecified atom stereocenters. The molecule has 1 aromatic heterocycles. The third-order valence-electron chi connectivity index (χ3n) is 16.6. The Kier molecular flexibility index (Phi) is 13.3.